The Balaban J connectivity index is 1.70. The molecule has 2 amide bonds. The SMILES string of the molecule is CCC(=O)C(=O)OC1CCN(C(=O)[C@H](Cc2ccc(O)cc2)NC(=O)c2ccc(C(=N)N)cc2)CC1. The zero-order valence-corrected chi connectivity index (χ0v) is 20.0. The van der Waals surface area contributed by atoms with Gasteiger partial charge >= 0.3 is 5.97 Å². The number of nitrogens with two attached hydrogens (primary N) is 1. The van der Waals surface area contributed by atoms with Gasteiger partial charge in [-0.3, -0.25) is 19.8 Å². The van der Waals surface area contributed by atoms with E-state index >= 15 is 0 Å². The lowest BCUT2D eigenvalue weighted by atomic mass is 10.0. The predicted octanol–water partition coefficient (Wildman–Crippen LogP) is 1.53. The molecule has 3 rings (SSSR count). The molecule has 1 aliphatic rings. The van der Waals surface area contributed by atoms with Gasteiger partial charge in [0.1, 0.15) is 23.7 Å². The maximum Gasteiger partial charge on any atom is 0.374 e. The molecule has 1 heterocycles. The third-order valence-electron chi connectivity index (χ3n) is 6.01. The number of nitrogen functional groups attached to an aromatic ring is 1. The second-order valence-electron chi connectivity index (χ2n) is 8.59. The van der Waals surface area contributed by atoms with Crippen molar-refractivity contribution in [1.82, 2.24) is 10.2 Å². The Morgan fingerprint density at radius 1 is 1.06 bits per heavy atom. The molecule has 0 aliphatic carbocycles. The van der Waals surface area contributed by atoms with E-state index in [9.17, 15) is 24.3 Å². The number of ketones is 1. The van der Waals surface area contributed by atoms with Crippen LogP contribution in [0.4, 0.5) is 0 Å². The molecule has 1 saturated heterocycles. The molecule has 0 aromatic heterocycles. The summed E-state index contributed by atoms with van der Waals surface area (Å²) < 4.78 is 5.24. The van der Waals surface area contributed by atoms with Gasteiger partial charge in [-0.25, -0.2) is 4.79 Å². The molecule has 1 aliphatic heterocycles. The number of nitrogens with zero attached hydrogens (tertiary/aromatic N) is 1. The van der Waals surface area contributed by atoms with Gasteiger partial charge in [0.15, 0.2) is 0 Å². The number of hydrogen-bond acceptors (Lipinski definition) is 7. The number of amides is 2. The van der Waals surface area contributed by atoms with E-state index in [-0.39, 0.29) is 30.3 Å². The molecular weight excluding hydrogens is 464 g/mol. The Morgan fingerprint density at radius 2 is 1.64 bits per heavy atom. The topological polar surface area (TPSA) is 163 Å². The van der Waals surface area contributed by atoms with Crippen molar-refractivity contribution >= 4 is 29.4 Å². The smallest absolute Gasteiger partial charge is 0.374 e. The molecular formula is C26H30N4O6. The van der Waals surface area contributed by atoms with Gasteiger partial charge in [-0.2, -0.15) is 0 Å². The largest absolute Gasteiger partial charge is 0.508 e. The van der Waals surface area contributed by atoms with Crippen molar-refractivity contribution < 1.29 is 29.0 Å². The van der Waals surface area contributed by atoms with Crippen LogP contribution >= 0.6 is 0 Å². The minimum Gasteiger partial charge on any atom is -0.508 e. The zero-order valence-electron chi connectivity index (χ0n) is 20.0. The van der Waals surface area contributed by atoms with Gasteiger partial charge in [0.2, 0.25) is 11.7 Å². The van der Waals surface area contributed by atoms with Crippen LogP contribution in [0.5, 0.6) is 5.75 Å². The van der Waals surface area contributed by atoms with Crippen LogP contribution in [0.3, 0.4) is 0 Å². The standard InChI is InChI=1S/C26H30N4O6/c1-2-22(32)26(35)36-20-11-13-30(14-12-20)25(34)21(15-16-3-9-19(31)10-4-16)29-24(33)18-7-5-17(6-8-18)23(27)28/h3-10,20-21,31H,2,11-15H2,1H3,(H3,27,28)(H,29,33)/t21-/m0/s1. The summed E-state index contributed by atoms with van der Waals surface area (Å²) >= 11 is 0. The van der Waals surface area contributed by atoms with Crippen molar-refractivity contribution in [2.45, 2.75) is 44.8 Å². The molecule has 0 bridgehead atoms. The number of likely N-dealkylation sites (tertiary alicyclic amines) is 1. The normalized spacial score (nSPS) is 14.5. The lowest BCUT2D eigenvalue weighted by molar-refractivity contribution is -0.160. The molecule has 1 atom stereocenters. The number of phenols is 1. The predicted molar refractivity (Wildman–Crippen MR) is 132 cm³/mol. The summed E-state index contributed by atoms with van der Waals surface area (Å²) in [6.07, 6.45) is 0.617. The van der Waals surface area contributed by atoms with E-state index < -0.39 is 29.8 Å². The summed E-state index contributed by atoms with van der Waals surface area (Å²) in [7, 11) is 0. The van der Waals surface area contributed by atoms with Gasteiger partial charge in [-0.15, -0.1) is 0 Å². The van der Waals surface area contributed by atoms with Gasteiger partial charge in [-0.05, 0) is 29.8 Å². The van der Waals surface area contributed by atoms with Crippen LogP contribution in [0.15, 0.2) is 48.5 Å². The minimum absolute atomic E-state index is 0.0757. The Bertz CT molecular complexity index is 1120. The summed E-state index contributed by atoms with van der Waals surface area (Å²) in [5.41, 5.74) is 7.01. The molecule has 10 nitrogen and oxygen atoms in total. The van der Waals surface area contributed by atoms with E-state index in [1.165, 1.54) is 24.3 Å². The average Bonchev–Trinajstić information content (AvgIpc) is 2.89. The molecule has 10 heteroatoms. The number of carbonyl (C=O) groups is 4. The lowest BCUT2D eigenvalue weighted by Crippen LogP contribution is -2.52. The summed E-state index contributed by atoms with van der Waals surface area (Å²) in [4.78, 5) is 51.2. The van der Waals surface area contributed by atoms with E-state index in [4.69, 9.17) is 15.9 Å². The van der Waals surface area contributed by atoms with Crippen molar-refractivity contribution in [3.05, 3.63) is 65.2 Å². The summed E-state index contributed by atoms with van der Waals surface area (Å²) in [5, 5.41) is 19.9. The Morgan fingerprint density at radius 3 is 2.19 bits per heavy atom. The lowest BCUT2D eigenvalue weighted by Gasteiger charge is -2.34. The molecule has 0 unspecified atom stereocenters. The van der Waals surface area contributed by atoms with Crippen LogP contribution < -0.4 is 11.1 Å². The first-order valence-corrected chi connectivity index (χ1v) is 11.7. The highest BCUT2D eigenvalue weighted by Crippen LogP contribution is 2.18. The van der Waals surface area contributed by atoms with E-state index in [2.05, 4.69) is 5.32 Å². The van der Waals surface area contributed by atoms with Gasteiger partial charge < -0.3 is 25.8 Å². The molecule has 0 saturated carbocycles. The highest BCUT2D eigenvalue weighted by molar-refractivity contribution is 6.33. The van der Waals surface area contributed by atoms with Crippen molar-refractivity contribution in [2.75, 3.05) is 13.1 Å². The van der Waals surface area contributed by atoms with Crippen LogP contribution in [0.25, 0.3) is 0 Å². The van der Waals surface area contributed by atoms with Crippen LogP contribution in [0, 0.1) is 5.41 Å². The van der Waals surface area contributed by atoms with Crippen LogP contribution in [-0.2, 0) is 25.5 Å². The second-order valence-corrected chi connectivity index (χ2v) is 8.59. The number of aromatic hydroxyl groups is 1. The quantitative estimate of drug-likeness (QED) is 0.178. The number of carbonyl (C=O) groups excluding carboxylic acids is 4. The number of phenolic OH excluding ortho intramolecular Hbond substituents is 1. The van der Waals surface area contributed by atoms with E-state index in [0.29, 0.717) is 37.1 Å². The Hall–Kier alpha value is -4.21. The fourth-order valence-electron chi connectivity index (χ4n) is 3.89. The number of benzene rings is 2. The molecule has 2 aromatic carbocycles. The fraction of sp³-hybridized carbons (Fsp3) is 0.346. The Kier molecular flexibility index (Phi) is 8.77. The van der Waals surface area contributed by atoms with Crippen molar-refractivity contribution in [3.8, 4) is 5.75 Å². The van der Waals surface area contributed by atoms with Gasteiger partial charge in [-0.1, -0.05) is 31.2 Å². The number of Topliss-reactive ketones (excluding diaryl/α,β-unsaturated/α-hetero) is 1. The number of nitrogens with one attached hydrogen (secondary N) is 2. The van der Waals surface area contributed by atoms with Gasteiger partial charge in [0, 0.05) is 49.9 Å². The molecule has 0 radical (unpaired) electrons. The van der Waals surface area contributed by atoms with Crippen LogP contribution in [0.1, 0.15) is 47.7 Å². The maximum absolute atomic E-state index is 13.4. The molecule has 190 valence electrons. The molecule has 2 aromatic rings. The van der Waals surface area contributed by atoms with Crippen molar-refractivity contribution in [2.24, 2.45) is 5.73 Å². The Labute approximate surface area is 208 Å². The first-order valence-electron chi connectivity index (χ1n) is 11.7. The van der Waals surface area contributed by atoms with Gasteiger partial charge in [0.05, 0.1) is 0 Å². The highest BCUT2D eigenvalue weighted by atomic mass is 16.5. The molecule has 36 heavy (non-hydrogen) atoms. The third-order valence-corrected chi connectivity index (χ3v) is 6.01. The van der Waals surface area contributed by atoms with E-state index in [1.54, 1.807) is 36.1 Å². The molecule has 1 fully saturated rings. The number of esters is 1. The number of piperidine rings is 1. The number of ether oxygens (including phenoxy) is 1. The first-order chi connectivity index (χ1) is 17.2. The highest BCUT2D eigenvalue weighted by Gasteiger charge is 2.31. The van der Waals surface area contributed by atoms with E-state index in [1.807, 2.05) is 0 Å². The van der Waals surface area contributed by atoms with Crippen molar-refractivity contribution in [1.29, 1.82) is 5.41 Å². The first kappa shape index (κ1) is 26.4. The summed E-state index contributed by atoms with van der Waals surface area (Å²) in [5.74, 6) is -2.20. The van der Waals surface area contributed by atoms with Crippen LogP contribution in [-0.4, -0.2) is 64.6 Å². The second kappa shape index (κ2) is 12.0. The van der Waals surface area contributed by atoms with E-state index in [0.717, 1.165) is 5.56 Å². The maximum atomic E-state index is 13.4. The van der Waals surface area contributed by atoms with Crippen molar-refractivity contribution in [3.63, 3.8) is 0 Å². The zero-order chi connectivity index (χ0) is 26.2. The van der Waals surface area contributed by atoms with Gasteiger partial charge in [0.25, 0.3) is 5.91 Å². The third kappa shape index (κ3) is 6.91. The molecule has 0 spiro atoms. The van der Waals surface area contributed by atoms with Crippen LogP contribution in [0.2, 0.25) is 0 Å². The number of rotatable bonds is 9. The monoisotopic (exact) mass is 494 g/mol. The minimum atomic E-state index is -0.879. The summed E-state index contributed by atoms with van der Waals surface area (Å²) in [6, 6.07) is 11.7. The number of amidine groups is 1. The summed E-state index contributed by atoms with van der Waals surface area (Å²) in [6.45, 7) is 2.21. The fourth-order valence-corrected chi connectivity index (χ4v) is 3.89. The number of hydrogen-bond donors (Lipinski definition) is 4. The molecule has 5 N–H and O–H groups in total. The average molecular weight is 495 g/mol.